The van der Waals surface area contributed by atoms with Gasteiger partial charge in [-0.3, -0.25) is 9.80 Å². The predicted octanol–water partition coefficient (Wildman–Crippen LogP) is 6.42. The van der Waals surface area contributed by atoms with E-state index in [4.69, 9.17) is 9.52 Å². The minimum atomic E-state index is -0.958. The molecular weight excluding hydrogens is 552 g/mol. The van der Waals surface area contributed by atoms with Gasteiger partial charge in [-0.2, -0.15) is 0 Å². The van der Waals surface area contributed by atoms with E-state index in [0.717, 1.165) is 41.9 Å². The monoisotopic (exact) mass is 588 g/mol. The van der Waals surface area contributed by atoms with Crippen LogP contribution in [0, 0.1) is 0 Å². The Kier molecular flexibility index (Phi) is 8.54. The number of aromatic hydroxyl groups is 1. The number of nitrogens with zero attached hydrogens (tertiary/aromatic N) is 4. The molecule has 8 heteroatoms. The number of carbonyl (C=O) groups is 1. The second kappa shape index (κ2) is 12.8. The molecule has 0 bridgehead atoms. The highest BCUT2D eigenvalue weighted by atomic mass is 16.4. The molecule has 1 saturated heterocycles. The van der Waals surface area contributed by atoms with Crippen molar-refractivity contribution < 1.29 is 19.4 Å². The molecule has 1 aliphatic rings. The number of rotatable bonds is 9. The number of carboxylic acid groups (broad SMARTS) is 1. The lowest BCUT2D eigenvalue weighted by Crippen LogP contribution is -2.56. The maximum atomic E-state index is 11.1. The van der Waals surface area contributed by atoms with E-state index in [2.05, 4.69) is 82.4 Å². The average molecular weight is 589 g/mol. The van der Waals surface area contributed by atoms with Crippen LogP contribution in [0.15, 0.2) is 108 Å². The van der Waals surface area contributed by atoms with Crippen molar-refractivity contribution in [2.75, 3.05) is 13.1 Å². The Morgan fingerprint density at radius 3 is 2.30 bits per heavy atom. The Bertz CT molecular complexity index is 1700. The van der Waals surface area contributed by atoms with Crippen molar-refractivity contribution in [1.82, 2.24) is 20.0 Å². The zero-order valence-corrected chi connectivity index (χ0v) is 24.9. The number of carboxylic acids is 1. The molecule has 8 nitrogen and oxygen atoms in total. The Morgan fingerprint density at radius 2 is 1.59 bits per heavy atom. The zero-order chi connectivity index (χ0) is 30.6. The summed E-state index contributed by atoms with van der Waals surface area (Å²) in [6.07, 6.45) is 0.414. The first-order chi connectivity index (χ1) is 21.3. The van der Waals surface area contributed by atoms with E-state index in [-0.39, 0.29) is 23.4 Å². The molecule has 6 rings (SSSR count). The van der Waals surface area contributed by atoms with Crippen molar-refractivity contribution in [2.24, 2.45) is 0 Å². The summed E-state index contributed by atoms with van der Waals surface area (Å²) in [5, 5.41) is 28.0. The van der Waals surface area contributed by atoms with E-state index in [1.165, 1.54) is 5.56 Å². The first kappa shape index (κ1) is 29.3. The Balaban J connectivity index is 1.22. The lowest BCUT2D eigenvalue weighted by atomic mass is 9.92. The predicted molar refractivity (Wildman–Crippen MR) is 168 cm³/mol. The highest BCUT2D eigenvalue weighted by molar-refractivity contribution is 5.87. The fourth-order valence-corrected chi connectivity index (χ4v) is 6.08. The van der Waals surface area contributed by atoms with E-state index in [1.807, 2.05) is 24.3 Å². The number of hydrogen-bond donors (Lipinski definition) is 2. The topological polar surface area (TPSA) is 103 Å². The number of phenolic OH excluding ortho intramolecular Hbond substituents is 1. The van der Waals surface area contributed by atoms with Crippen molar-refractivity contribution in [1.29, 1.82) is 0 Å². The van der Waals surface area contributed by atoms with Crippen LogP contribution >= 0.6 is 0 Å². The molecule has 0 saturated carbocycles. The maximum Gasteiger partial charge on any atom is 0.335 e. The summed E-state index contributed by atoms with van der Waals surface area (Å²) in [5.41, 5.74) is 5.43. The van der Waals surface area contributed by atoms with Crippen molar-refractivity contribution >= 4 is 5.97 Å². The highest BCUT2D eigenvalue weighted by Gasteiger charge is 2.35. The van der Waals surface area contributed by atoms with Crippen molar-refractivity contribution in [3.05, 3.63) is 137 Å². The first-order valence-corrected chi connectivity index (χ1v) is 14.9. The van der Waals surface area contributed by atoms with Crippen LogP contribution in [0.4, 0.5) is 0 Å². The van der Waals surface area contributed by atoms with Gasteiger partial charge in [0.25, 0.3) is 0 Å². The molecule has 0 aliphatic carbocycles. The molecule has 3 unspecified atom stereocenters. The van der Waals surface area contributed by atoms with E-state index in [1.54, 1.807) is 30.3 Å². The number of aromatic carboxylic acids is 1. The summed E-state index contributed by atoms with van der Waals surface area (Å²) >= 11 is 0. The lowest BCUT2D eigenvalue weighted by molar-refractivity contribution is 0.0195. The van der Waals surface area contributed by atoms with Gasteiger partial charge >= 0.3 is 5.97 Å². The van der Waals surface area contributed by atoms with Crippen LogP contribution in [-0.2, 0) is 13.0 Å². The first-order valence-electron chi connectivity index (χ1n) is 14.9. The maximum absolute atomic E-state index is 11.1. The van der Waals surface area contributed by atoms with Crippen LogP contribution in [0.5, 0.6) is 5.75 Å². The minimum Gasteiger partial charge on any atom is -0.508 e. The van der Waals surface area contributed by atoms with Gasteiger partial charge in [-0.25, -0.2) is 4.79 Å². The molecule has 1 aromatic heterocycles. The van der Waals surface area contributed by atoms with Crippen LogP contribution in [0.2, 0.25) is 0 Å². The van der Waals surface area contributed by atoms with Gasteiger partial charge in [0.2, 0.25) is 11.8 Å². The molecule has 224 valence electrons. The summed E-state index contributed by atoms with van der Waals surface area (Å²) < 4.78 is 5.97. The van der Waals surface area contributed by atoms with Crippen LogP contribution in [0.25, 0.3) is 11.5 Å². The van der Waals surface area contributed by atoms with Crippen LogP contribution < -0.4 is 0 Å². The number of benzene rings is 4. The molecule has 2 N–H and O–H groups in total. The van der Waals surface area contributed by atoms with E-state index in [9.17, 15) is 9.90 Å². The minimum absolute atomic E-state index is 0.0421. The van der Waals surface area contributed by atoms with Crippen molar-refractivity contribution in [2.45, 2.75) is 44.9 Å². The molecule has 0 spiro atoms. The normalized spacial score (nSPS) is 18.2. The Morgan fingerprint density at radius 1 is 0.841 bits per heavy atom. The quantitative estimate of drug-likeness (QED) is 0.204. The van der Waals surface area contributed by atoms with Gasteiger partial charge in [0.05, 0.1) is 18.0 Å². The van der Waals surface area contributed by atoms with E-state index < -0.39 is 5.97 Å². The van der Waals surface area contributed by atoms with Crippen LogP contribution in [-0.4, -0.2) is 61.4 Å². The third-order valence-electron chi connectivity index (χ3n) is 8.41. The van der Waals surface area contributed by atoms with E-state index in [0.29, 0.717) is 24.2 Å². The third kappa shape index (κ3) is 6.56. The average Bonchev–Trinajstić information content (AvgIpc) is 3.49. The molecule has 5 aromatic rings. The Hall–Kier alpha value is -4.79. The summed E-state index contributed by atoms with van der Waals surface area (Å²) in [4.78, 5) is 16.2. The SMILES string of the molecule is CC1CN(C(c2ccc(-c3nnc(Cc4ccc(C(=O)O)cc4)o3)cc2)c2cccc(O)c2)C(C)CN1Cc1ccccc1. The second-order valence-corrected chi connectivity index (χ2v) is 11.6. The van der Waals surface area contributed by atoms with Gasteiger partial charge in [0, 0.05) is 37.3 Å². The number of hydrogen-bond acceptors (Lipinski definition) is 7. The van der Waals surface area contributed by atoms with Gasteiger partial charge in [0.15, 0.2) is 0 Å². The molecule has 3 atom stereocenters. The van der Waals surface area contributed by atoms with Crippen LogP contribution in [0.3, 0.4) is 0 Å². The summed E-state index contributed by atoms with van der Waals surface area (Å²) in [6.45, 7) is 7.32. The second-order valence-electron chi connectivity index (χ2n) is 11.6. The highest BCUT2D eigenvalue weighted by Crippen LogP contribution is 2.35. The van der Waals surface area contributed by atoms with Gasteiger partial charge < -0.3 is 14.6 Å². The largest absolute Gasteiger partial charge is 0.508 e. The fraction of sp³-hybridized carbons (Fsp3) is 0.250. The Labute approximate surface area is 257 Å². The summed E-state index contributed by atoms with van der Waals surface area (Å²) in [5.74, 6) is 0.185. The zero-order valence-electron chi connectivity index (χ0n) is 24.9. The number of aromatic nitrogens is 2. The summed E-state index contributed by atoms with van der Waals surface area (Å²) in [6, 6.07) is 33.6. The molecule has 0 radical (unpaired) electrons. The fourth-order valence-electron chi connectivity index (χ4n) is 6.08. The van der Waals surface area contributed by atoms with E-state index >= 15 is 0 Å². The summed E-state index contributed by atoms with van der Waals surface area (Å²) in [7, 11) is 0. The van der Waals surface area contributed by atoms with Gasteiger partial charge in [-0.15, -0.1) is 10.2 Å². The molecule has 4 aromatic carbocycles. The third-order valence-corrected chi connectivity index (χ3v) is 8.41. The smallest absolute Gasteiger partial charge is 0.335 e. The molecule has 0 amide bonds. The molecule has 1 fully saturated rings. The van der Waals surface area contributed by atoms with Gasteiger partial charge in [-0.05, 0) is 72.5 Å². The number of phenols is 1. The lowest BCUT2D eigenvalue weighted by Gasteiger charge is -2.47. The van der Waals surface area contributed by atoms with Crippen LogP contribution in [0.1, 0.15) is 58.4 Å². The van der Waals surface area contributed by atoms with Gasteiger partial charge in [0.1, 0.15) is 5.75 Å². The molecule has 2 heterocycles. The van der Waals surface area contributed by atoms with Crippen molar-refractivity contribution in [3.8, 4) is 17.2 Å². The molecule has 1 aliphatic heterocycles. The molecule has 44 heavy (non-hydrogen) atoms. The number of piperazine rings is 1. The molecular formula is C36H36N4O4. The van der Waals surface area contributed by atoms with Crippen molar-refractivity contribution in [3.63, 3.8) is 0 Å². The standard InChI is InChI=1S/C36H36N4O4/c1-24-22-40(25(2)21-39(24)23-27-7-4-3-5-8-27)34(31-9-6-10-32(41)20-31)28-15-17-29(18-16-28)35-38-37-33(44-35)19-26-11-13-30(14-12-26)36(42)43/h3-18,20,24-25,34,41H,19,21-23H2,1-2H3,(H,42,43). The van der Waals surface area contributed by atoms with Gasteiger partial charge in [-0.1, -0.05) is 66.7 Å².